The van der Waals surface area contributed by atoms with Crippen LogP contribution in [0.4, 0.5) is 0 Å². The standard InChI is InChI=1S/C10H19NO2/c1-8-5-4-6-11(7-8)9(12)10(2,3)13/h8,13H,4-7H2,1-3H3/t8-/m0/s1. The van der Waals surface area contributed by atoms with Gasteiger partial charge in [-0.2, -0.15) is 0 Å². The predicted octanol–water partition coefficient (Wildman–Crippen LogP) is 1.02. The van der Waals surface area contributed by atoms with Crippen molar-refractivity contribution in [3.05, 3.63) is 0 Å². The van der Waals surface area contributed by atoms with Crippen molar-refractivity contribution in [1.82, 2.24) is 4.90 Å². The lowest BCUT2D eigenvalue weighted by molar-refractivity contribution is -0.149. The molecule has 1 aliphatic heterocycles. The summed E-state index contributed by atoms with van der Waals surface area (Å²) in [4.78, 5) is 13.4. The van der Waals surface area contributed by atoms with Gasteiger partial charge in [-0.25, -0.2) is 0 Å². The van der Waals surface area contributed by atoms with Crippen molar-refractivity contribution < 1.29 is 9.90 Å². The van der Waals surface area contributed by atoms with E-state index in [2.05, 4.69) is 6.92 Å². The van der Waals surface area contributed by atoms with Crippen LogP contribution in [0.5, 0.6) is 0 Å². The molecule has 1 aliphatic rings. The molecule has 0 radical (unpaired) electrons. The van der Waals surface area contributed by atoms with Crippen LogP contribution in [0.25, 0.3) is 0 Å². The van der Waals surface area contributed by atoms with E-state index in [1.165, 1.54) is 6.42 Å². The normalized spacial score (nSPS) is 24.6. The topological polar surface area (TPSA) is 40.5 Å². The fraction of sp³-hybridized carbons (Fsp3) is 0.900. The van der Waals surface area contributed by atoms with Crippen molar-refractivity contribution in [3.8, 4) is 0 Å². The van der Waals surface area contributed by atoms with Gasteiger partial charge in [-0.05, 0) is 32.6 Å². The predicted molar refractivity (Wildman–Crippen MR) is 51.3 cm³/mol. The molecule has 0 aromatic heterocycles. The van der Waals surface area contributed by atoms with E-state index in [4.69, 9.17) is 0 Å². The third-order valence-electron chi connectivity index (χ3n) is 2.47. The highest BCUT2D eigenvalue weighted by atomic mass is 16.3. The Hall–Kier alpha value is -0.570. The molecule has 1 amide bonds. The van der Waals surface area contributed by atoms with Crippen LogP contribution in [0.3, 0.4) is 0 Å². The van der Waals surface area contributed by atoms with E-state index in [1.54, 1.807) is 18.7 Å². The van der Waals surface area contributed by atoms with Gasteiger partial charge in [0.15, 0.2) is 0 Å². The van der Waals surface area contributed by atoms with Gasteiger partial charge >= 0.3 is 0 Å². The van der Waals surface area contributed by atoms with Crippen LogP contribution in [0, 0.1) is 5.92 Å². The van der Waals surface area contributed by atoms with Crippen LogP contribution in [0.2, 0.25) is 0 Å². The van der Waals surface area contributed by atoms with E-state index in [-0.39, 0.29) is 5.91 Å². The number of rotatable bonds is 1. The van der Waals surface area contributed by atoms with Gasteiger partial charge in [0.25, 0.3) is 5.91 Å². The van der Waals surface area contributed by atoms with E-state index in [1.807, 2.05) is 0 Å². The van der Waals surface area contributed by atoms with Crippen LogP contribution in [-0.2, 0) is 4.79 Å². The van der Waals surface area contributed by atoms with Crippen LogP contribution < -0.4 is 0 Å². The minimum Gasteiger partial charge on any atom is -0.381 e. The summed E-state index contributed by atoms with van der Waals surface area (Å²) in [6.45, 7) is 6.84. The molecule has 0 aromatic rings. The van der Waals surface area contributed by atoms with Gasteiger partial charge in [-0.3, -0.25) is 4.79 Å². The van der Waals surface area contributed by atoms with E-state index in [0.29, 0.717) is 5.92 Å². The minimum absolute atomic E-state index is 0.140. The maximum absolute atomic E-state index is 11.6. The highest BCUT2D eigenvalue weighted by Crippen LogP contribution is 2.18. The third kappa shape index (κ3) is 2.69. The fourth-order valence-electron chi connectivity index (χ4n) is 1.76. The Morgan fingerprint density at radius 2 is 2.15 bits per heavy atom. The Morgan fingerprint density at radius 1 is 1.54 bits per heavy atom. The summed E-state index contributed by atoms with van der Waals surface area (Å²) in [7, 11) is 0. The quantitative estimate of drug-likeness (QED) is 0.662. The van der Waals surface area contributed by atoms with E-state index in [0.717, 1.165) is 19.5 Å². The number of likely N-dealkylation sites (tertiary alicyclic amines) is 1. The summed E-state index contributed by atoms with van der Waals surface area (Å²) in [5, 5.41) is 9.53. The summed E-state index contributed by atoms with van der Waals surface area (Å²) in [5.74, 6) is 0.430. The van der Waals surface area contributed by atoms with E-state index in [9.17, 15) is 9.90 Å². The van der Waals surface area contributed by atoms with Gasteiger partial charge in [-0.1, -0.05) is 6.92 Å². The molecule has 76 valence electrons. The molecule has 1 atom stereocenters. The first-order chi connectivity index (χ1) is 5.91. The van der Waals surface area contributed by atoms with Crippen LogP contribution in [-0.4, -0.2) is 34.6 Å². The average molecular weight is 185 g/mol. The molecule has 1 saturated heterocycles. The summed E-state index contributed by atoms with van der Waals surface area (Å²) < 4.78 is 0. The summed E-state index contributed by atoms with van der Waals surface area (Å²) >= 11 is 0. The second-order valence-corrected chi connectivity index (χ2v) is 4.56. The van der Waals surface area contributed by atoms with Crippen molar-refractivity contribution in [2.24, 2.45) is 5.92 Å². The summed E-state index contributed by atoms with van der Waals surface area (Å²) in [5.41, 5.74) is -1.21. The molecule has 0 spiro atoms. The van der Waals surface area contributed by atoms with Gasteiger partial charge in [-0.15, -0.1) is 0 Å². The van der Waals surface area contributed by atoms with Crippen LogP contribution in [0.1, 0.15) is 33.6 Å². The average Bonchev–Trinajstić information content (AvgIpc) is 2.01. The number of hydrogen-bond donors (Lipinski definition) is 1. The Labute approximate surface area is 79.7 Å². The first-order valence-corrected chi connectivity index (χ1v) is 4.93. The molecular weight excluding hydrogens is 166 g/mol. The van der Waals surface area contributed by atoms with Crippen LogP contribution >= 0.6 is 0 Å². The first kappa shape index (κ1) is 10.5. The van der Waals surface area contributed by atoms with Gasteiger partial charge in [0.2, 0.25) is 0 Å². The Balaban J connectivity index is 2.56. The number of hydrogen-bond acceptors (Lipinski definition) is 2. The lowest BCUT2D eigenvalue weighted by Crippen LogP contribution is -2.48. The van der Waals surface area contributed by atoms with Crippen LogP contribution in [0.15, 0.2) is 0 Å². The van der Waals surface area contributed by atoms with Crippen molar-refractivity contribution in [2.45, 2.75) is 39.2 Å². The molecule has 3 heteroatoms. The number of nitrogens with zero attached hydrogens (tertiary/aromatic N) is 1. The molecule has 1 rings (SSSR count). The maximum atomic E-state index is 11.6. The zero-order valence-electron chi connectivity index (χ0n) is 8.71. The van der Waals surface area contributed by atoms with Gasteiger partial charge in [0.05, 0.1) is 0 Å². The number of carbonyl (C=O) groups excluding carboxylic acids is 1. The molecule has 0 aromatic carbocycles. The van der Waals surface area contributed by atoms with Crippen molar-refractivity contribution in [2.75, 3.05) is 13.1 Å². The zero-order chi connectivity index (χ0) is 10.1. The summed E-state index contributed by atoms with van der Waals surface area (Å²) in [6.07, 6.45) is 2.25. The largest absolute Gasteiger partial charge is 0.381 e. The molecule has 13 heavy (non-hydrogen) atoms. The minimum atomic E-state index is -1.21. The second-order valence-electron chi connectivity index (χ2n) is 4.56. The SMILES string of the molecule is C[C@H]1CCCN(C(=O)C(C)(C)O)C1. The Bertz CT molecular complexity index is 196. The smallest absolute Gasteiger partial charge is 0.253 e. The number of carbonyl (C=O) groups is 1. The first-order valence-electron chi connectivity index (χ1n) is 4.93. The van der Waals surface area contributed by atoms with E-state index >= 15 is 0 Å². The molecule has 0 bridgehead atoms. The van der Waals surface area contributed by atoms with Gasteiger partial charge < -0.3 is 10.0 Å². The molecule has 3 nitrogen and oxygen atoms in total. The zero-order valence-corrected chi connectivity index (χ0v) is 8.71. The summed E-state index contributed by atoms with van der Waals surface area (Å²) in [6, 6.07) is 0. The molecular formula is C10H19NO2. The lowest BCUT2D eigenvalue weighted by Gasteiger charge is -2.34. The van der Waals surface area contributed by atoms with Gasteiger partial charge in [0, 0.05) is 13.1 Å². The Kier molecular flexibility index (Phi) is 2.96. The molecule has 1 N–H and O–H groups in total. The number of amides is 1. The molecule has 1 heterocycles. The Morgan fingerprint density at radius 3 is 2.62 bits per heavy atom. The molecule has 1 fully saturated rings. The lowest BCUT2D eigenvalue weighted by atomic mass is 9.98. The highest BCUT2D eigenvalue weighted by molar-refractivity contribution is 5.84. The van der Waals surface area contributed by atoms with Crippen molar-refractivity contribution in [3.63, 3.8) is 0 Å². The third-order valence-corrected chi connectivity index (χ3v) is 2.47. The van der Waals surface area contributed by atoms with E-state index < -0.39 is 5.60 Å². The molecule has 0 unspecified atom stereocenters. The maximum Gasteiger partial charge on any atom is 0.253 e. The van der Waals surface area contributed by atoms with Crippen molar-refractivity contribution >= 4 is 5.91 Å². The van der Waals surface area contributed by atoms with Gasteiger partial charge in [0.1, 0.15) is 5.60 Å². The molecule has 0 aliphatic carbocycles. The molecule has 0 saturated carbocycles. The fourth-order valence-corrected chi connectivity index (χ4v) is 1.76. The van der Waals surface area contributed by atoms with Crippen molar-refractivity contribution in [1.29, 1.82) is 0 Å². The number of piperidine rings is 1. The highest BCUT2D eigenvalue weighted by Gasteiger charge is 2.31. The monoisotopic (exact) mass is 185 g/mol. The second kappa shape index (κ2) is 3.66. The number of aliphatic hydroxyl groups is 1.